The third kappa shape index (κ3) is 3.99. The van der Waals surface area contributed by atoms with Gasteiger partial charge >= 0.3 is 0 Å². The minimum absolute atomic E-state index is 0.989. The van der Waals surface area contributed by atoms with E-state index in [-0.39, 0.29) is 0 Å². The summed E-state index contributed by atoms with van der Waals surface area (Å²) in [6, 6.07) is 8.98. The average molecular weight is 314 g/mol. The van der Waals surface area contributed by atoms with Crippen molar-refractivity contribution in [1.29, 1.82) is 0 Å². The van der Waals surface area contributed by atoms with Gasteiger partial charge in [-0.25, -0.2) is 4.98 Å². The second-order valence-corrected chi connectivity index (χ2v) is 6.74. The predicted molar refractivity (Wildman–Crippen MR) is 92.4 cm³/mol. The van der Waals surface area contributed by atoms with E-state index in [1.807, 2.05) is 18.0 Å². The van der Waals surface area contributed by atoms with Gasteiger partial charge in [0.2, 0.25) is 0 Å². The summed E-state index contributed by atoms with van der Waals surface area (Å²) in [5.41, 5.74) is 1.40. The van der Waals surface area contributed by atoms with Crippen molar-refractivity contribution in [2.24, 2.45) is 0 Å². The molecule has 0 spiro atoms. The Labute approximate surface area is 136 Å². The van der Waals surface area contributed by atoms with Crippen molar-refractivity contribution >= 4 is 17.6 Å². The molecule has 1 aliphatic heterocycles. The van der Waals surface area contributed by atoms with Crippen LogP contribution in [0.25, 0.3) is 0 Å². The van der Waals surface area contributed by atoms with Gasteiger partial charge < -0.3 is 4.90 Å². The Morgan fingerprint density at radius 2 is 1.82 bits per heavy atom. The summed E-state index contributed by atoms with van der Waals surface area (Å²) < 4.78 is 0. The van der Waals surface area contributed by atoms with E-state index >= 15 is 0 Å². The third-order valence-electron chi connectivity index (χ3n) is 3.89. The first-order valence-corrected chi connectivity index (χ1v) is 8.79. The first-order chi connectivity index (χ1) is 10.8. The van der Waals surface area contributed by atoms with Crippen molar-refractivity contribution in [1.82, 2.24) is 14.9 Å². The maximum Gasteiger partial charge on any atom is 0.147 e. The topological polar surface area (TPSA) is 32.3 Å². The molecule has 5 heteroatoms. The van der Waals surface area contributed by atoms with E-state index in [0.29, 0.717) is 0 Å². The summed E-state index contributed by atoms with van der Waals surface area (Å²) >= 11 is 1.89. The molecular weight excluding hydrogens is 292 g/mol. The van der Waals surface area contributed by atoms with Gasteiger partial charge in [-0.3, -0.25) is 9.88 Å². The van der Waals surface area contributed by atoms with Crippen LogP contribution in [-0.2, 0) is 6.54 Å². The van der Waals surface area contributed by atoms with Crippen molar-refractivity contribution in [3.8, 4) is 0 Å². The SMILES string of the molecule is CCSc1ccc(CN2CCN(c3cnccn3)CC2)cc1. The lowest BCUT2D eigenvalue weighted by molar-refractivity contribution is 0.249. The molecule has 0 aliphatic carbocycles. The largest absolute Gasteiger partial charge is 0.353 e. The number of rotatable bonds is 5. The Bertz CT molecular complexity index is 565. The van der Waals surface area contributed by atoms with E-state index in [9.17, 15) is 0 Å². The molecule has 0 saturated carbocycles. The number of piperazine rings is 1. The number of benzene rings is 1. The second-order valence-electron chi connectivity index (χ2n) is 5.40. The number of hydrogen-bond donors (Lipinski definition) is 0. The zero-order valence-electron chi connectivity index (χ0n) is 13.0. The van der Waals surface area contributed by atoms with Gasteiger partial charge in [0, 0.05) is 50.0 Å². The Kier molecular flexibility index (Phi) is 5.29. The van der Waals surface area contributed by atoms with Crippen LogP contribution < -0.4 is 4.90 Å². The van der Waals surface area contributed by atoms with Crippen molar-refractivity contribution in [2.45, 2.75) is 18.4 Å². The van der Waals surface area contributed by atoms with Gasteiger partial charge in [-0.05, 0) is 23.4 Å². The predicted octanol–water partition coefficient (Wildman–Crippen LogP) is 2.91. The van der Waals surface area contributed by atoms with Crippen LogP contribution in [-0.4, -0.2) is 46.8 Å². The summed E-state index contributed by atoms with van der Waals surface area (Å²) in [6.07, 6.45) is 5.33. The van der Waals surface area contributed by atoms with Crippen LogP contribution in [0, 0.1) is 0 Å². The van der Waals surface area contributed by atoms with Crippen molar-refractivity contribution in [3.63, 3.8) is 0 Å². The summed E-state index contributed by atoms with van der Waals surface area (Å²) in [7, 11) is 0. The maximum absolute atomic E-state index is 4.38. The van der Waals surface area contributed by atoms with Gasteiger partial charge in [-0.2, -0.15) is 0 Å². The van der Waals surface area contributed by atoms with Crippen LogP contribution in [0.2, 0.25) is 0 Å². The van der Waals surface area contributed by atoms with Gasteiger partial charge in [0.25, 0.3) is 0 Å². The molecule has 0 radical (unpaired) electrons. The highest BCUT2D eigenvalue weighted by Gasteiger charge is 2.18. The van der Waals surface area contributed by atoms with Crippen molar-refractivity contribution < 1.29 is 0 Å². The van der Waals surface area contributed by atoms with Crippen LogP contribution in [0.15, 0.2) is 47.8 Å². The highest BCUT2D eigenvalue weighted by molar-refractivity contribution is 7.99. The fourth-order valence-electron chi connectivity index (χ4n) is 2.71. The number of nitrogens with zero attached hydrogens (tertiary/aromatic N) is 4. The average Bonchev–Trinajstić information content (AvgIpc) is 2.58. The molecule has 1 saturated heterocycles. The minimum atomic E-state index is 0.989. The van der Waals surface area contributed by atoms with Gasteiger partial charge in [0.1, 0.15) is 5.82 Å². The fraction of sp³-hybridized carbons (Fsp3) is 0.412. The molecule has 2 heterocycles. The van der Waals surface area contributed by atoms with Crippen LogP contribution in [0.5, 0.6) is 0 Å². The van der Waals surface area contributed by atoms with Crippen LogP contribution in [0.3, 0.4) is 0 Å². The standard InChI is InChI=1S/C17H22N4S/c1-2-22-16-5-3-15(4-6-16)14-20-9-11-21(12-10-20)17-13-18-7-8-19-17/h3-8,13H,2,9-12,14H2,1H3. The van der Waals surface area contributed by atoms with E-state index in [4.69, 9.17) is 0 Å². The number of hydrogen-bond acceptors (Lipinski definition) is 5. The normalized spacial score (nSPS) is 16.0. The highest BCUT2D eigenvalue weighted by atomic mass is 32.2. The highest BCUT2D eigenvalue weighted by Crippen LogP contribution is 2.19. The Hall–Kier alpha value is -1.59. The molecule has 1 aromatic carbocycles. The lowest BCUT2D eigenvalue weighted by Gasteiger charge is -2.35. The molecule has 1 fully saturated rings. The molecular formula is C17H22N4S. The zero-order valence-corrected chi connectivity index (χ0v) is 13.8. The molecule has 2 aromatic rings. The lowest BCUT2D eigenvalue weighted by Crippen LogP contribution is -2.46. The molecule has 22 heavy (non-hydrogen) atoms. The Morgan fingerprint density at radius 3 is 2.45 bits per heavy atom. The molecule has 0 atom stereocenters. The summed E-state index contributed by atoms with van der Waals surface area (Å²) in [5.74, 6) is 2.12. The summed E-state index contributed by atoms with van der Waals surface area (Å²) in [4.78, 5) is 14.7. The van der Waals surface area contributed by atoms with E-state index < -0.39 is 0 Å². The third-order valence-corrected chi connectivity index (χ3v) is 4.78. The number of thioether (sulfide) groups is 1. The minimum Gasteiger partial charge on any atom is -0.353 e. The molecule has 0 bridgehead atoms. The molecule has 1 aromatic heterocycles. The van der Waals surface area contributed by atoms with Crippen molar-refractivity contribution in [3.05, 3.63) is 48.4 Å². The smallest absolute Gasteiger partial charge is 0.147 e. The molecule has 3 rings (SSSR count). The molecule has 0 unspecified atom stereocenters. The fourth-order valence-corrected chi connectivity index (χ4v) is 3.37. The second kappa shape index (κ2) is 7.61. The van der Waals surface area contributed by atoms with Crippen LogP contribution in [0.4, 0.5) is 5.82 Å². The summed E-state index contributed by atoms with van der Waals surface area (Å²) in [5, 5.41) is 0. The van der Waals surface area contributed by atoms with E-state index in [2.05, 4.69) is 51.0 Å². The first kappa shape index (κ1) is 15.3. The van der Waals surface area contributed by atoms with Gasteiger partial charge in [-0.15, -0.1) is 11.8 Å². The Balaban J connectivity index is 1.51. The number of aromatic nitrogens is 2. The monoisotopic (exact) mass is 314 g/mol. The molecule has 0 amide bonds. The van der Waals surface area contributed by atoms with Gasteiger partial charge in [-0.1, -0.05) is 19.1 Å². The van der Waals surface area contributed by atoms with E-state index in [1.54, 1.807) is 12.4 Å². The first-order valence-electron chi connectivity index (χ1n) is 7.80. The Morgan fingerprint density at radius 1 is 1.05 bits per heavy atom. The van der Waals surface area contributed by atoms with Crippen molar-refractivity contribution in [2.75, 3.05) is 36.8 Å². The molecule has 4 nitrogen and oxygen atoms in total. The summed E-state index contributed by atoms with van der Waals surface area (Å²) in [6.45, 7) is 7.40. The lowest BCUT2D eigenvalue weighted by atomic mass is 10.2. The molecule has 0 N–H and O–H groups in total. The maximum atomic E-state index is 4.38. The van der Waals surface area contributed by atoms with Crippen LogP contribution in [0.1, 0.15) is 12.5 Å². The zero-order chi connectivity index (χ0) is 15.2. The molecule has 116 valence electrons. The van der Waals surface area contributed by atoms with E-state index in [1.165, 1.54) is 10.5 Å². The van der Waals surface area contributed by atoms with Crippen LogP contribution >= 0.6 is 11.8 Å². The quantitative estimate of drug-likeness (QED) is 0.792. The molecule has 1 aliphatic rings. The van der Waals surface area contributed by atoms with Gasteiger partial charge in [0.15, 0.2) is 0 Å². The van der Waals surface area contributed by atoms with E-state index in [0.717, 1.165) is 44.3 Å². The van der Waals surface area contributed by atoms with Gasteiger partial charge in [0.05, 0.1) is 6.20 Å². The number of anilines is 1.